The average Bonchev–Trinajstić information content (AvgIpc) is 3.02. The Morgan fingerprint density at radius 3 is 2.93 bits per heavy atom. The molecule has 0 aliphatic heterocycles. The van der Waals surface area contributed by atoms with Crippen LogP contribution in [0.15, 0.2) is 24.3 Å². The highest BCUT2D eigenvalue weighted by molar-refractivity contribution is 5.30. The first-order valence-corrected chi connectivity index (χ1v) is 4.96. The van der Waals surface area contributed by atoms with Crippen LogP contribution in [0.2, 0.25) is 0 Å². The maximum absolute atomic E-state index is 9.62. The molecule has 0 aromatic heterocycles. The number of nitrogens with zero attached hydrogens (tertiary/aromatic N) is 1. The molecule has 1 saturated carbocycles. The Balaban J connectivity index is 2.17. The van der Waals surface area contributed by atoms with Crippen molar-refractivity contribution >= 4 is 0 Å². The minimum atomic E-state index is -0.626. The fraction of sp³-hybridized carbons (Fsp3) is 0.417. The van der Waals surface area contributed by atoms with E-state index in [1.807, 2.05) is 24.3 Å². The fourth-order valence-electron chi connectivity index (χ4n) is 1.64. The van der Waals surface area contributed by atoms with Gasteiger partial charge in [0.25, 0.3) is 0 Å². The van der Waals surface area contributed by atoms with Crippen LogP contribution in [0.25, 0.3) is 0 Å². The molecule has 2 heteroatoms. The summed E-state index contributed by atoms with van der Waals surface area (Å²) in [7, 11) is 0. The molecule has 1 aromatic carbocycles. The minimum Gasteiger partial charge on any atom is -0.387 e. The van der Waals surface area contributed by atoms with E-state index in [9.17, 15) is 5.11 Å². The van der Waals surface area contributed by atoms with Crippen molar-refractivity contribution < 1.29 is 5.11 Å². The van der Waals surface area contributed by atoms with E-state index in [2.05, 4.69) is 6.07 Å². The van der Waals surface area contributed by atoms with Crippen LogP contribution in [0.4, 0.5) is 0 Å². The molecule has 1 aliphatic carbocycles. The third-order valence-electron chi connectivity index (χ3n) is 2.63. The Morgan fingerprint density at radius 1 is 1.50 bits per heavy atom. The van der Waals surface area contributed by atoms with Crippen molar-refractivity contribution in [3.05, 3.63) is 35.4 Å². The van der Waals surface area contributed by atoms with Crippen LogP contribution in [0.5, 0.6) is 0 Å². The van der Waals surface area contributed by atoms with Gasteiger partial charge in [0.2, 0.25) is 0 Å². The number of rotatable bonds is 3. The first kappa shape index (κ1) is 9.23. The van der Waals surface area contributed by atoms with Gasteiger partial charge in [0.1, 0.15) is 0 Å². The second kappa shape index (κ2) is 3.81. The lowest BCUT2D eigenvalue weighted by Crippen LogP contribution is -1.96. The van der Waals surface area contributed by atoms with Crippen LogP contribution in [-0.2, 0) is 0 Å². The standard InChI is InChI=1S/C12H13NO/c13-7-6-12(14)11-3-1-2-10(8-11)9-4-5-9/h1-3,8-9,12,14H,4-6H2. The molecule has 0 amide bonds. The molecule has 0 spiro atoms. The zero-order valence-corrected chi connectivity index (χ0v) is 7.98. The molecule has 0 heterocycles. The van der Waals surface area contributed by atoms with Gasteiger partial charge in [0, 0.05) is 0 Å². The van der Waals surface area contributed by atoms with Crippen molar-refractivity contribution in [2.45, 2.75) is 31.3 Å². The van der Waals surface area contributed by atoms with Gasteiger partial charge in [-0.2, -0.15) is 5.26 Å². The van der Waals surface area contributed by atoms with E-state index in [1.165, 1.54) is 18.4 Å². The first-order chi connectivity index (χ1) is 6.81. The lowest BCUT2D eigenvalue weighted by molar-refractivity contribution is 0.183. The van der Waals surface area contributed by atoms with Crippen LogP contribution < -0.4 is 0 Å². The lowest BCUT2D eigenvalue weighted by Gasteiger charge is -2.08. The monoisotopic (exact) mass is 187 g/mol. The smallest absolute Gasteiger partial charge is 0.0920 e. The molecule has 0 saturated heterocycles. The minimum absolute atomic E-state index is 0.175. The van der Waals surface area contributed by atoms with E-state index in [0.717, 1.165) is 5.56 Å². The van der Waals surface area contributed by atoms with E-state index < -0.39 is 6.10 Å². The van der Waals surface area contributed by atoms with Crippen LogP contribution >= 0.6 is 0 Å². The first-order valence-electron chi connectivity index (χ1n) is 4.96. The summed E-state index contributed by atoms with van der Waals surface area (Å²) in [6.45, 7) is 0. The summed E-state index contributed by atoms with van der Waals surface area (Å²) < 4.78 is 0. The quantitative estimate of drug-likeness (QED) is 0.790. The van der Waals surface area contributed by atoms with Gasteiger partial charge in [-0.15, -0.1) is 0 Å². The number of benzene rings is 1. The van der Waals surface area contributed by atoms with Gasteiger partial charge in [-0.05, 0) is 29.9 Å². The molecule has 0 bridgehead atoms. The van der Waals surface area contributed by atoms with Gasteiger partial charge in [-0.3, -0.25) is 0 Å². The van der Waals surface area contributed by atoms with Crippen LogP contribution in [0.1, 0.15) is 42.4 Å². The molecule has 2 nitrogen and oxygen atoms in total. The van der Waals surface area contributed by atoms with E-state index in [1.54, 1.807) is 0 Å². The molecule has 2 rings (SSSR count). The zero-order chi connectivity index (χ0) is 9.97. The lowest BCUT2D eigenvalue weighted by atomic mass is 10.0. The van der Waals surface area contributed by atoms with E-state index >= 15 is 0 Å². The van der Waals surface area contributed by atoms with Crippen molar-refractivity contribution in [3.8, 4) is 6.07 Å². The summed E-state index contributed by atoms with van der Waals surface area (Å²) in [6.07, 6.45) is 2.07. The number of nitriles is 1. The second-order valence-electron chi connectivity index (χ2n) is 3.82. The highest BCUT2D eigenvalue weighted by Crippen LogP contribution is 2.40. The van der Waals surface area contributed by atoms with Gasteiger partial charge in [0.15, 0.2) is 0 Å². The van der Waals surface area contributed by atoms with E-state index in [-0.39, 0.29) is 6.42 Å². The highest BCUT2D eigenvalue weighted by atomic mass is 16.3. The van der Waals surface area contributed by atoms with Crippen LogP contribution in [0, 0.1) is 11.3 Å². The van der Waals surface area contributed by atoms with Crippen molar-refractivity contribution in [3.63, 3.8) is 0 Å². The molecule has 0 radical (unpaired) electrons. The Hall–Kier alpha value is -1.33. The SMILES string of the molecule is N#CCC(O)c1cccc(C2CC2)c1. The second-order valence-corrected chi connectivity index (χ2v) is 3.82. The maximum atomic E-state index is 9.62. The summed E-state index contributed by atoms with van der Waals surface area (Å²) in [5, 5.41) is 18.1. The molecule has 1 aromatic rings. The van der Waals surface area contributed by atoms with E-state index in [4.69, 9.17) is 5.26 Å². The summed E-state index contributed by atoms with van der Waals surface area (Å²) in [4.78, 5) is 0. The summed E-state index contributed by atoms with van der Waals surface area (Å²) in [5.41, 5.74) is 2.18. The number of hydrogen-bond acceptors (Lipinski definition) is 2. The molecule has 1 unspecified atom stereocenters. The Labute approximate surface area is 83.8 Å². The molecule has 1 atom stereocenters. The number of aliphatic hydroxyl groups is 1. The molecular formula is C12H13NO. The third-order valence-corrected chi connectivity index (χ3v) is 2.63. The predicted molar refractivity (Wildman–Crippen MR) is 53.6 cm³/mol. The van der Waals surface area contributed by atoms with Crippen molar-refractivity contribution in [2.75, 3.05) is 0 Å². The number of aliphatic hydroxyl groups excluding tert-OH is 1. The molecule has 1 fully saturated rings. The van der Waals surface area contributed by atoms with Gasteiger partial charge < -0.3 is 5.11 Å². The molecular weight excluding hydrogens is 174 g/mol. The molecule has 14 heavy (non-hydrogen) atoms. The van der Waals surface area contributed by atoms with E-state index in [0.29, 0.717) is 5.92 Å². The normalized spacial score (nSPS) is 17.4. The number of hydrogen-bond donors (Lipinski definition) is 1. The highest BCUT2D eigenvalue weighted by Gasteiger charge is 2.23. The Morgan fingerprint density at radius 2 is 2.29 bits per heavy atom. The average molecular weight is 187 g/mol. The Kier molecular flexibility index (Phi) is 2.51. The van der Waals surface area contributed by atoms with Gasteiger partial charge in [0.05, 0.1) is 18.6 Å². The van der Waals surface area contributed by atoms with Crippen molar-refractivity contribution in [1.29, 1.82) is 5.26 Å². The topological polar surface area (TPSA) is 44.0 Å². The molecule has 72 valence electrons. The zero-order valence-electron chi connectivity index (χ0n) is 7.98. The van der Waals surface area contributed by atoms with Crippen molar-refractivity contribution in [1.82, 2.24) is 0 Å². The summed E-state index contributed by atoms with van der Waals surface area (Å²) >= 11 is 0. The van der Waals surface area contributed by atoms with Gasteiger partial charge in [-0.25, -0.2) is 0 Å². The van der Waals surface area contributed by atoms with Gasteiger partial charge in [-0.1, -0.05) is 24.3 Å². The van der Waals surface area contributed by atoms with Crippen LogP contribution in [0.3, 0.4) is 0 Å². The maximum Gasteiger partial charge on any atom is 0.0920 e. The summed E-state index contributed by atoms with van der Waals surface area (Å²) in [5.74, 6) is 0.698. The molecule has 1 aliphatic rings. The molecule has 1 N–H and O–H groups in total. The van der Waals surface area contributed by atoms with Gasteiger partial charge >= 0.3 is 0 Å². The van der Waals surface area contributed by atoms with Crippen LogP contribution in [-0.4, -0.2) is 5.11 Å². The van der Waals surface area contributed by atoms with Crippen molar-refractivity contribution in [2.24, 2.45) is 0 Å². The predicted octanol–water partition coefficient (Wildman–Crippen LogP) is 2.51. The summed E-state index contributed by atoms with van der Waals surface area (Å²) in [6, 6.07) is 9.95. The largest absolute Gasteiger partial charge is 0.387 e. The Bertz CT molecular complexity index is 363. The fourth-order valence-corrected chi connectivity index (χ4v) is 1.64. The third kappa shape index (κ3) is 1.94.